The van der Waals surface area contributed by atoms with Gasteiger partial charge in [-0.1, -0.05) is 0 Å². The number of pyridine rings is 1. The van der Waals surface area contributed by atoms with E-state index in [1.165, 1.54) is 12.3 Å². The average Bonchev–Trinajstić information content (AvgIpc) is 2.72. The van der Waals surface area contributed by atoms with E-state index >= 15 is 0 Å². The first-order valence-electron chi connectivity index (χ1n) is 8.73. The molecule has 2 aromatic carbocycles. The SMILES string of the molecule is CCOC(=O)c1ccc(Nc2ccc(NC(=O)c3ccc(F)c(F)c3)nc2)cc1. The van der Waals surface area contributed by atoms with Crippen molar-refractivity contribution >= 4 is 29.1 Å². The van der Waals surface area contributed by atoms with E-state index in [0.29, 0.717) is 17.9 Å². The molecule has 0 saturated carbocycles. The second-order valence-corrected chi connectivity index (χ2v) is 5.94. The predicted molar refractivity (Wildman–Crippen MR) is 104 cm³/mol. The van der Waals surface area contributed by atoms with Crippen molar-refractivity contribution in [3.8, 4) is 0 Å². The Balaban J connectivity index is 1.62. The van der Waals surface area contributed by atoms with Crippen molar-refractivity contribution in [2.75, 3.05) is 17.2 Å². The lowest BCUT2D eigenvalue weighted by molar-refractivity contribution is 0.0526. The minimum atomic E-state index is -1.10. The Morgan fingerprint density at radius 1 is 0.931 bits per heavy atom. The maximum Gasteiger partial charge on any atom is 0.338 e. The molecule has 8 heteroatoms. The molecule has 1 amide bonds. The topological polar surface area (TPSA) is 80.3 Å². The summed E-state index contributed by atoms with van der Waals surface area (Å²) >= 11 is 0. The van der Waals surface area contributed by atoms with Gasteiger partial charge >= 0.3 is 5.97 Å². The number of nitrogens with one attached hydrogen (secondary N) is 2. The molecule has 0 atom stereocenters. The molecule has 0 fully saturated rings. The van der Waals surface area contributed by atoms with Gasteiger partial charge in [-0.25, -0.2) is 18.6 Å². The molecule has 6 nitrogen and oxygen atoms in total. The van der Waals surface area contributed by atoms with E-state index in [-0.39, 0.29) is 17.4 Å². The van der Waals surface area contributed by atoms with E-state index in [1.807, 2.05) is 0 Å². The molecule has 0 radical (unpaired) electrons. The Bertz CT molecular complexity index is 1020. The smallest absolute Gasteiger partial charge is 0.338 e. The highest BCUT2D eigenvalue weighted by Crippen LogP contribution is 2.18. The molecule has 148 valence electrons. The van der Waals surface area contributed by atoms with Crippen molar-refractivity contribution in [2.24, 2.45) is 0 Å². The summed E-state index contributed by atoms with van der Waals surface area (Å²) in [6.07, 6.45) is 1.50. The van der Waals surface area contributed by atoms with Crippen LogP contribution in [0.5, 0.6) is 0 Å². The van der Waals surface area contributed by atoms with Crippen LogP contribution in [-0.2, 0) is 4.74 Å². The molecule has 3 rings (SSSR count). The van der Waals surface area contributed by atoms with Crippen LogP contribution >= 0.6 is 0 Å². The molecule has 0 spiro atoms. The number of carbonyl (C=O) groups is 2. The summed E-state index contributed by atoms with van der Waals surface area (Å²) in [6, 6.07) is 12.9. The lowest BCUT2D eigenvalue weighted by atomic mass is 10.2. The number of hydrogen-bond acceptors (Lipinski definition) is 5. The van der Waals surface area contributed by atoms with Gasteiger partial charge in [-0.2, -0.15) is 0 Å². The Hall–Kier alpha value is -3.81. The van der Waals surface area contributed by atoms with Gasteiger partial charge in [0.1, 0.15) is 5.82 Å². The number of aromatic nitrogens is 1. The first kappa shape index (κ1) is 19.9. The van der Waals surface area contributed by atoms with Crippen LogP contribution < -0.4 is 10.6 Å². The fourth-order valence-electron chi connectivity index (χ4n) is 2.44. The zero-order valence-electron chi connectivity index (χ0n) is 15.4. The lowest BCUT2D eigenvalue weighted by Crippen LogP contribution is -2.13. The third-order valence-corrected chi connectivity index (χ3v) is 3.87. The fraction of sp³-hybridized carbons (Fsp3) is 0.0952. The van der Waals surface area contributed by atoms with Gasteiger partial charge in [0.2, 0.25) is 0 Å². The van der Waals surface area contributed by atoms with Crippen molar-refractivity contribution in [2.45, 2.75) is 6.92 Å². The highest BCUT2D eigenvalue weighted by molar-refractivity contribution is 6.03. The van der Waals surface area contributed by atoms with Crippen molar-refractivity contribution in [1.29, 1.82) is 0 Å². The standard InChI is InChI=1S/C21H17F2N3O3/c1-2-29-21(28)13-3-6-15(7-4-13)25-16-8-10-19(24-12-16)26-20(27)14-5-9-17(22)18(23)11-14/h3-12,25H,2H2,1H3,(H,24,26,27). The molecule has 29 heavy (non-hydrogen) atoms. The molecule has 1 heterocycles. The molecule has 0 bridgehead atoms. The quantitative estimate of drug-likeness (QED) is 0.598. The monoisotopic (exact) mass is 397 g/mol. The molecule has 0 aliphatic heterocycles. The van der Waals surface area contributed by atoms with Gasteiger partial charge in [0, 0.05) is 11.3 Å². The third kappa shape index (κ3) is 5.13. The molecule has 3 aromatic rings. The van der Waals surface area contributed by atoms with E-state index in [2.05, 4.69) is 15.6 Å². The van der Waals surface area contributed by atoms with Gasteiger partial charge in [-0.05, 0) is 61.5 Å². The summed E-state index contributed by atoms with van der Waals surface area (Å²) in [5.41, 5.74) is 1.82. The second-order valence-electron chi connectivity index (χ2n) is 5.94. The van der Waals surface area contributed by atoms with Crippen LogP contribution in [0.1, 0.15) is 27.6 Å². The number of amides is 1. The summed E-state index contributed by atoms with van der Waals surface area (Å²) in [6.45, 7) is 2.05. The zero-order chi connectivity index (χ0) is 20.8. The van der Waals surface area contributed by atoms with Gasteiger partial charge in [0.25, 0.3) is 5.91 Å². The minimum absolute atomic E-state index is 0.0189. The second kappa shape index (κ2) is 8.92. The van der Waals surface area contributed by atoms with Gasteiger partial charge in [-0.15, -0.1) is 0 Å². The predicted octanol–water partition coefficient (Wildman–Crippen LogP) is 4.53. The Kier molecular flexibility index (Phi) is 6.13. The normalized spacial score (nSPS) is 10.3. The average molecular weight is 397 g/mol. The van der Waals surface area contributed by atoms with Crippen LogP contribution in [0.15, 0.2) is 60.8 Å². The highest BCUT2D eigenvalue weighted by Gasteiger charge is 2.11. The number of rotatable bonds is 6. The van der Waals surface area contributed by atoms with Crippen molar-refractivity contribution in [3.63, 3.8) is 0 Å². The van der Waals surface area contributed by atoms with Crippen LogP contribution in [0.25, 0.3) is 0 Å². The first-order valence-corrected chi connectivity index (χ1v) is 8.73. The van der Waals surface area contributed by atoms with E-state index < -0.39 is 17.5 Å². The van der Waals surface area contributed by atoms with E-state index in [9.17, 15) is 18.4 Å². The lowest BCUT2D eigenvalue weighted by Gasteiger charge is -2.09. The molecule has 1 aromatic heterocycles. The fourth-order valence-corrected chi connectivity index (χ4v) is 2.44. The summed E-state index contributed by atoms with van der Waals surface area (Å²) in [7, 11) is 0. The minimum Gasteiger partial charge on any atom is -0.462 e. The van der Waals surface area contributed by atoms with Crippen LogP contribution in [0.3, 0.4) is 0 Å². The molecule has 0 aliphatic carbocycles. The first-order chi connectivity index (χ1) is 14.0. The summed E-state index contributed by atoms with van der Waals surface area (Å²) < 4.78 is 31.1. The highest BCUT2D eigenvalue weighted by atomic mass is 19.2. The van der Waals surface area contributed by atoms with Crippen LogP contribution in [0, 0.1) is 11.6 Å². The number of ether oxygens (including phenoxy) is 1. The molecule has 0 saturated heterocycles. The number of halogens is 2. The van der Waals surface area contributed by atoms with Crippen LogP contribution in [0.4, 0.5) is 26.0 Å². The Labute approximate surface area is 165 Å². The summed E-state index contributed by atoms with van der Waals surface area (Å²) in [5, 5.41) is 5.62. The van der Waals surface area contributed by atoms with E-state index in [4.69, 9.17) is 4.74 Å². The molecule has 0 aliphatic rings. The van der Waals surface area contributed by atoms with Crippen molar-refractivity contribution < 1.29 is 23.1 Å². The maximum atomic E-state index is 13.2. The van der Waals surface area contributed by atoms with Crippen LogP contribution in [0.2, 0.25) is 0 Å². The van der Waals surface area contributed by atoms with Gasteiger partial charge in [0.05, 0.1) is 24.1 Å². The summed E-state index contributed by atoms with van der Waals surface area (Å²) in [5.74, 6) is -2.86. The third-order valence-electron chi connectivity index (χ3n) is 3.87. The number of esters is 1. The Morgan fingerprint density at radius 2 is 1.62 bits per heavy atom. The zero-order valence-corrected chi connectivity index (χ0v) is 15.4. The number of benzene rings is 2. The van der Waals surface area contributed by atoms with Crippen LogP contribution in [-0.4, -0.2) is 23.5 Å². The Morgan fingerprint density at radius 3 is 2.24 bits per heavy atom. The molecule has 0 unspecified atom stereocenters. The van der Waals surface area contributed by atoms with Crippen molar-refractivity contribution in [1.82, 2.24) is 4.98 Å². The largest absolute Gasteiger partial charge is 0.462 e. The van der Waals surface area contributed by atoms with Gasteiger partial charge in [-0.3, -0.25) is 4.79 Å². The molecule has 2 N–H and O–H groups in total. The maximum absolute atomic E-state index is 13.2. The van der Waals surface area contributed by atoms with Gasteiger partial charge < -0.3 is 15.4 Å². The number of nitrogens with zero attached hydrogens (tertiary/aromatic N) is 1. The van der Waals surface area contributed by atoms with Gasteiger partial charge in [0.15, 0.2) is 11.6 Å². The summed E-state index contributed by atoms with van der Waals surface area (Å²) in [4.78, 5) is 27.9. The number of hydrogen-bond donors (Lipinski definition) is 2. The molecular formula is C21H17F2N3O3. The van der Waals surface area contributed by atoms with E-state index in [0.717, 1.165) is 17.8 Å². The van der Waals surface area contributed by atoms with E-state index in [1.54, 1.807) is 43.3 Å². The molecular weight excluding hydrogens is 380 g/mol. The number of carbonyl (C=O) groups excluding carboxylic acids is 2. The number of anilines is 3. The van der Waals surface area contributed by atoms with Crippen molar-refractivity contribution in [3.05, 3.63) is 83.6 Å².